The maximum Gasteiger partial charge on any atom is 0.264 e. The number of nitrogens with two attached hydrogens (primary N) is 1. The zero-order chi connectivity index (χ0) is 14.3. The minimum atomic E-state index is -0.363. The molecule has 1 aromatic carbocycles. The number of hydrogen-bond donors (Lipinski definition) is 1. The molecule has 5 heteroatoms. The third kappa shape index (κ3) is 1.79. The highest BCUT2D eigenvalue weighted by Crippen LogP contribution is 2.28. The topological polar surface area (TPSA) is 76.5 Å². The van der Waals surface area contributed by atoms with E-state index in [-0.39, 0.29) is 18.4 Å². The summed E-state index contributed by atoms with van der Waals surface area (Å²) in [4.78, 5) is 25.7. The zero-order valence-corrected chi connectivity index (χ0v) is 11.1. The highest BCUT2D eigenvalue weighted by atomic mass is 16.3. The molecule has 2 aromatic rings. The Bertz CT molecular complexity index is 703. The summed E-state index contributed by atoms with van der Waals surface area (Å²) >= 11 is 0. The highest BCUT2D eigenvalue weighted by Gasteiger charge is 2.37. The van der Waals surface area contributed by atoms with Crippen LogP contribution in [0.25, 0.3) is 0 Å². The van der Waals surface area contributed by atoms with E-state index in [2.05, 4.69) is 0 Å². The first kappa shape index (κ1) is 12.5. The van der Waals surface area contributed by atoms with E-state index < -0.39 is 0 Å². The summed E-state index contributed by atoms with van der Waals surface area (Å²) in [7, 11) is 0. The Kier molecular flexibility index (Phi) is 2.82. The van der Waals surface area contributed by atoms with Crippen molar-refractivity contribution < 1.29 is 14.0 Å². The van der Waals surface area contributed by atoms with Gasteiger partial charge in [0, 0.05) is 12.1 Å². The normalized spacial score (nSPS) is 13.9. The predicted octanol–water partition coefficient (Wildman–Crippen LogP) is 2.22. The first-order valence-electron chi connectivity index (χ1n) is 6.44. The first-order chi connectivity index (χ1) is 9.61. The quantitative estimate of drug-likeness (QED) is 0.685. The average Bonchev–Trinajstić information content (AvgIpc) is 2.99. The number of aryl methyl sites for hydroxylation is 1. The van der Waals surface area contributed by atoms with Crippen LogP contribution in [0.3, 0.4) is 0 Å². The molecule has 0 bridgehead atoms. The fourth-order valence-corrected chi connectivity index (χ4v) is 2.36. The van der Waals surface area contributed by atoms with Crippen molar-refractivity contribution in [1.82, 2.24) is 4.90 Å². The molecule has 0 saturated heterocycles. The maximum absolute atomic E-state index is 12.3. The lowest BCUT2D eigenvalue weighted by molar-refractivity contribution is 0.0631. The van der Waals surface area contributed by atoms with Crippen LogP contribution in [0.4, 0.5) is 5.69 Å². The number of nitrogen functional groups attached to an aromatic ring is 1. The number of carbonyl (C=O) groups is 2. The van der Waals surface area contributed by atoms with E-state index in [0.717, 1.165) is 12.2 Å². The van der Waals surface area contributed by atoms with Crippen LogP contribution in [0, 0.1) is 0 Å². The van der Waals surface area contributed by atoms with Gasteiger partial charge in [-0.1, -0.05) is 13.0 Å². The van der Waals surface area contributed by atoms with Gasteiger partial charge in [0.15, 0.2) is 0 Å². The number of carbonyl (C=O) groups excluding carboxylic acids is 2. The van der Waals surface area contributed by atoms with Crippen molar-refractivity contribution in [3.63, 3.8) is 0 Å². The molecular formula is C15H14N2O3. The summed E-state index contributed by atoms with van der Waals surface area (Å²) in [5.41, 5.74) is 6.76. The molecule has 2 amide bonds. The zero-order valence-electron chi connectivity index (χ0n) is 11.1. The summed E-state index contributed by atoms with van der Waals surface area (Å²) in [5, 5.41) is 0. The molecule has 102 valence electrons. The molecule has 20 heavy (non-hydrogen) atoms. The lowest BCUT2D eigenvalue weighted by Crippen LogP contribution is -2.29. The van der Waals surface area contributed by atoms with Crippen LogP contribution < -0.4 is 5.73 Å². The Balaban J connectivity index is 1.92. The fraction of sp³-hybridized carbons (Fsp3) is 0.200. The van der Waals surface area contributed by atoms with Gasteiger partial charge >= 0.3 is 0 Å². The minimum absolute atomic E-state index is 0.131. The number of anilines is 1. The molecule has 0 spiro atoms. The summed E-state index contributed by atoms with van der Waals surface area (Å²) in [6.07, 6.45) is 0.773. The standard InChI is InChI=1S/C15H14N2O3/c1-2-9-6-7-10(20-9)8-17-14(18)11-4-3-5-12(16)13(11)15(17)19/h3-7H,2,8,16H2,1H3. The summed E-state index contributed by atoms with van der Waals surface area (Å²) in [5.74, 6) is 0.732. The maximum atomic E-state index is 12.3. The number of nitrogens with zero attached hydrogens (tertiary/aromatic N) is 1. The molecule has 0 saturated carbocycles. The van der Waals surface area contributed by atoms with Crippen molar-refractivity contribution in [3.8, 4) is 0 Å². The Morgan fingerprint density at radius 3 is 2.50 bits per heavy atom. The van der Waals surface area contributed by atoms with E-state index in [9.17, 15) is 9.59 Å². The fourth-order valence-electron chi connectivity index (χ4n) is 2.36. The second kappa shape index (κ2) is 4.52. The van der Waals surface area contributed by atoms with Crippen LogP contribution in [-0.4, -0.2) is 16.7 Å². The van der Waals surface area contributed by atoms with Crippen LogP contribution in [0.1, 0.15) is 39.2 Å². The molecule has 0 unspecified atom stereocenters. The summed E-state index contributed by atoms with van der Waals surface area (Å²) in [6.45, 7) is 2.11. The highest BCUT2D eigenvalue weighted by molar-refractivity contribution is 6.23. The molecule has 0 aliphatic carbocycles. The van der Waals surface area contributed by atoms with Gasteiger partial charge in [-0.25, -0.2) is 0 Å². The monoisotopic (exact) mass is 270 g/mol. The Hall–Kier alpha value is -2.56. The first-order valence-corrected chi connectivity index (χ1v) is 6.44. The SMILES string of the molecule is CCc1ccc(CN2C(=O)c3cccc(N)c3C2=O)o1. The Morgan fingerprint density at radius 2 is 1.85 bits per heavy atom. The van der Waals surface area contributed by atoms with Crippen molar-refractivity contribution in [1.29, 1.82) is 0 Å². The summed E-state index contributed by atoms with van der Waals surface area (Å²) in [6, 6.07) is 8.54. The van der Waals surface area contributed by atoms with Crippen molar-refractivity contribution >= 4 is 17.5 Å². The van der Waals surface area contributed by atoms with Gasteiger partial charge in [-0.3, -0.25) is 14.5 Å². The smallest absolute Gasteiger partial charge is 0.264 e. The number of furan rings is 1. The van der Waals surface area contributed by atoms with E-state index in [1.54, 1.807) is 24.3 Å². The molecule has 1 aliphatic heterocycles. The van der Waals surface area contributed by atoms with E-state index in [4.69, 9.17) is 10.2 Å². The van der Waals surface area contributed by atoms with Gasteiger partial charge in [0.1, 0.15) is 11.5 Å². The number of benzene rings is 1. The molecule has 2 N–H and O–H groups in total. The van der Waals surface area contributed by atoms with Crippen LogP contribution in [-0.2, 0) is 13.0 Å². The van der Waals surface area contributed by atoms with Crippen molar-refractivity contribution in [2.45, 2.75) is 19.9 Å². The van der Waals surface area contributed by atoms with Gasteiger partial charge in [-0.05, 0) is 24.3 Å². The lowest BCUT2D eigenvalue weighted by atomic mass is 10.1. The van der Waals surface area contributed by atoms with Crippen LogP contribution >= 0.6 is 0 Å². The second-order valence-electron chi connectivity index (χ2n) is 4.69. The third-order valence-electron chi connectivity index (χ3n) is 3.41. The van der Waals surface area contributed by atoms with Crippen LogP contribution in [0.5, 0.6) is 0 Å². The molecule has 3 rings (SSSR count). The van der Waals surface area contributed by atoms with Gasteiger partial charge in [-0.2, -0.15) is 0 Å². The van der Waals surface area contributed by atoms with Gasteiger partial charge < -0.3 is 10.2 Å². The largest absolute Gasteiger partial charge is 0.464 e. The minimum Gasteiger partial charge on any atom is -0.464 e. The second-order valence-corrected chi connectivity index (χ2v) is 4.69. The molecule has 0 atom stereocenters. The predicted molar refractivity (Wildman–Crippen MR) is 73.1 cm³/mol. The number of fused-ring (bicyclic) bond motifs is 1. The van der Waals surface area contributed by atoms with Crippen LogP contribution in [0.2, 0.25) is 0 Å². The van der Waals surface area contributed by atoms with Gasteiger partial charge in [0.25, 0.3) is 11.8 Å². The molecule has 0 radical (unpaired) electrons. The average molecular weight is 270 g/mol. The molecule has 0 fully saturated rings. The lowest BCUT2D eigenvalue weighted by Gasteiger charge is -2.11. The van der Waals surface area contributed by atoms with Gasteiger partial charge in [0.05, 0.1) is 17.7 Å². The van der Waals surface area contributed by atoms with Crippen molar-refractivity contribution in [2.75, 3.05) is 5.73 Å². The van der Waals surface area contributed by atoms with Crippen LogP contribution in [0.15, 0.2) is 34.7 Å². The Labute approximate surface area is 116 Å². The number of amides is 2. The van der Waals surface area contributed by atoms with E-state index in [1.807, 2.05) is 13.0 Å². The van der Waals surface area contributed by atoms with Crippen molar-refractivity contribution in [2.24, 2.45) is 0 Å². The molecule has 1 aromatic heterocycles. The molecule has 5 nitrogen and oxygen atoms in total. The van der Waals surface area contributed by atoms with Crippen molar-refractivity contribution in [3.05, 3.63) is 53.0 Å². The number of rotatable bonds is 3. The molecular weight excluding hydrogens is 256 g/mol. The Morgan fingerprint density at radius 1 is 1.10 bits per heavy atom. The van der Waals surface area contributed by atoms with Gasteiger partial charge in [0.2, 0.25) is 0 Å². The van der Waals surface area contributed by atoms with E-state index in [0.29, 0.717) is 22.6 Å². The van der Waals surface area contributed by atoms with E-state index >= 15 is 0 Å². The van der Waals surface area contributed by atoms with E-state index in [1.165, 1.54) is 4.90 Å². The third-order valence-corrected chi connectivity index (χ3v) is 3.41. The molecule has 1 aliphatic rings. The molecule has 2 heterocycles. The number of hydrogen-bond acceptors (Lipinski definition) is 4. The summed E-state index contributed by atoms with van der Waals surface area (Å²) < 4.78 is 5.54. The number of imide groups is 1. The van der Waals surface area contributed by atoms with Gasteiger partial charge in [-0.15, -0.1) is 0 Å².